The lowest BCUT2D eigenvalue weighted by Crippen LogP contribution is -2.10. The molecule has 4 nitrogen and oxygen atoms in total. The maximum absolute atomic E-state index is 12.3. The minimum Gasteiger partial charge on any atom is -0.478 e. The Labute approximate surface area is 91.3 Å². The number of carbonyl (C=O) groups is 1. The molecule has 0 unspecified atom stereocenters. The van der Waals surface area contributed by atoms with Crippen molar-refractivity contribution in [1.29, 1.82) is 0 Å². The van der Waals surface area contributed by atoms with Gasteiger partial charge in [-0.2, -0.15) is 0 Å². The summed E-state index contributed by atoms with van der Waals surface area (Å²) in [5.41, 5.74) is 4.14. The van der Waals surface area contributed by atoms with Crippen LogP contribution in [0.15, 0.2) is 6.20 Å². The van der Waals surface area contributed by atoms with Crippen LogP contribution in [-0.2, 0) is 0 Å². The molecule has 1 rings (SSSR count). The number of carboxylic acid groups (broad SMARTS) is 1. The van der Waals surface area contributed by atoms with Crippen LogP contribution < -0.4 is 5.73 Å². The van der Waals surface area contributed by atoms with Crippen LogP contribution in [0, 0.1) is 3.57 Å². The van der Waals surface area contributed by atoms with Crippen LogP contribution in [0.3, 0.4) is 0 Å². The fourth-order valence-electron chi connectivity index (χ4n) is 0.886. The van der Waals surface area contributed by atoms with E-state index in [0.29, 0.717) is 0 Å². The van der Waals surface area contributed by atoms with Crippen LogP contribution in [0.5, 0.6) is 0 Å². The van der Waals surface area contributed by atoms with E-state index in [1.54, 1.807) is 22.6 Å². The second-order valence-electron chi connectivity index (χ2n) is 2.39. The summed E-state index contributed by atoms with van der Waals surface area (Å²) in [5.74, 6) is -1.45. The van der Waals surface area contributed by atoms with Gasteiger partial charge < -0.3 is 10.8 Å². The number of hydrogen-bond acceptors (Lipinski definition) is 3. The quantitative estimate of drug-likeness (QED) is 0.818. The van der Waals surface area contributed by atoms with Gasteiger partial charge in [-0.15, -0.1) is 0 Å². The van der Waals surface area contributed by atoms with E-state index < -0.39 is 23.7 Å². The summed E-state index contributed by atoms with van der Waals surface area (Å²) in [6.45, 7) is 0. The molecule has 0 fully saturated rings. The molecule has 0 radical (unpaired) electrons. The fraction of sp³-hybridized carbons (Fsp3) is 0.143. The Hall–Kier alpha value is -0.990. The SMILES string of the molecule is Nc1cnc(C(F)F)c(C(=O)O)c1I. The Bertz CT molecular complexity index is 384. The largest absolute Gasteiger partial charge is 0.478 e. The van der Waals surface area contributed by atoms with Crippen molar-refractivity contribution in [3.63, 3.8) is 0 Å². The van der Waals surface area contributed by atoms with E-state index in [1.807, 2.05) is 0 Å². The molecule has 1 aromatic rings. The summed E-state index contributed by atoms with van der Waals surface area (Å²) < 4.78 is 24.7. The van der Waals surface area contributed by atoms with Gasteiger partial charge in [0, 0.05) is 0 Å². The van der Waals surface area contributed by atoms with Gasteiger partial charge in [0.2, 0.25) is 0 Å². The van der Waals surface area contributed by atoms with Crippen molar-refractivity contribution < 1.29 is 18.7 Å². The summed E-state index contributed by atoms with van der Waals surface area (Å²) in [6, 6.07) is 0. The molecule has 0 atom stereocenters. The number of nitrogen functional groups attached to an aromatic ring is 1. The van der Waals surface area contributed by atoms with Gasteiger partial charge in [-0.05, 0) is 22.6 Å². The van der Waals surface area contributed by atoms with Gasteiger partial charge >= 0.3 is 5.97 Å². The molecule has 0 bridgehead atoms. The highest BCUT2D eigenvalue weighted by Crippen LogP contribution is 2.27. The van der Waals surface area contributed by atoms with Gasteiger partial charge in [-0.25, -0.2) is 13.6 Å². The first kappa shape index (κ1) is 11.1. The monoisotopic (exact) mass is 314 g/mol. The summed E-state index contributed by atoms with van der Waals surface area (Å²) in [5, 5.41) is 8.69. The zero-order valence-corrected chi connectivity index (χ0v) is 8.83. The lowest BCUT2D eigenvalue weighted by molar-refractivity contribution is 0.0681. The van der Waals surface area contributed by atoms with Crippen LogP contribution in [0.4, 0.5) is 14.5 Å². The third-order valence-corrected chi connectivity index (χ3v) is 2.65. The van der Waals surface area contributed by atoms with Crippen LogP contribution >= 0.6 is 22.6 Å². The molecule has 0 aliphatic rings. The average Bonchev–Trinajstić information content (AvgIpc) is 2.08. The molecule has 0 aromatic carbocycles. The number of aromatic nitrogens is 1. The maximum Gasteiger partial charge on any atom is 0.338 e. The van der Waals surface area contributed by atoms with E-state index in [0.717, 1.165) is 6.20 Å². The van der Waals surface area contributed by atoms with E-state index >= 15 is 0 Å². The number of nitrogens with zero attached hydrogens (tertiary/aromatic N) is 1. The molecule has 0 spiro atoms. The number of carboxylic acids is 1. The molecule has 0 aliphatic carbocycles. The van der Waals surface area contributed by atoms with Crippen molar-refractivity contribution in [2.45, 2.75) is 6.43 Å². The predicted molar refractivity (Wildman–Crippen MR) is 53.3 cm³/mol. The van der Waals surface area contributed by atoms with Crippen molar-refractivity contribution in [2.24, 2.45) is 0 Å². The Kier molecular flexibility index (Phi) is 3.19. The van der Waals surface area contributed by atoms with Crippen molar-refractivity contribution in [3.8, 4) is 0 Å². The van der Waals surface area contributed by atoms with Crippen molar-refractivity contribution in [2.75, 3.05) is 5.73 Å². The van der Waals surface area contributed by atoms with E-state index in [4.69, 9.17) is 10.8 Å². The molecule has 0 amide bonds. The fourth-order valence-corrected chi connectivity index (χ4v) is 1.53. The minimum absolute atomic E-state index is 0.0763. The molecule has 0 saturated heterocycles. The topological polar surface area (TPSA) is 76.2 Å². The highest BCUT2D eigenvalue weighted by molar-refractivity contribution is 14.1. The average molecular weight is 314 g/mol. The smallest absolute Gasteiger partial charge is 0.338 e. The Balaban J connectivity index is 3.45. The first-order valence-corrected chi connectivity index (χ1v) is 4.48. The number of alkyl halides is 2. The van der Waals surface area contributed by atoms with Gasteiger partial charge in [0.15, 0.2) is 0 Å². The maximum atomic E-state index is 12.3. The third-order valence-electron chi connectivity index (χ3n) is 1.49. The van der Waals surface area contributed by atoms with Crippen LogP contribution in [0.1, 0.15) is 22.5 Å². The summed E-state index contributed by atoms with van der Waals surface area (Å²) in [4.78, 5) is 14.0. The normalized spacial score (nSPS) is 10.6. The first-order chi connectivity index (χ1) is 6.45. The molecular formula is C7H5F2IN2O2. The van der Waals surface area contributed by atoms with E-state index in [1.165, 1.54) is 0 Å². The van der Waals surface area contributed by atoms with E-state index in [2.05, 4.69) is 4.98 Å². The van der Waals surface area contributed by atoms with Gasteiger partial charge in [0.05, 0.1) is 15.5 Å². The van der Waals surface area contributed by atoms with E-state index in [-0.39, 0.29) is 9.26 Å². The Morgan fingerprint density at radius 1 is 1.64 bits per heavy atom. The Morgan fingerprint density at radius 2 is 2.21 bits per heavy atom. The number of nitrogens with two attached hydrogens (primary N) is 1. The zero-order chi connectivity index (χ0) is 10.9. The lowest BCUT2D eigenvalue weighted by atomic mass is 10.2. The molecule has 0 aliphatic heterocycles. The molecular weight excluding hydrogens is 309 g/mol. The highest BCUT2D eigenvalue weighted by atomic mass is 127. The number of rotatable bonds is 2. The molecule has 14 heavy (non-hydrogen) atoms. The zero-order valence-electron chi connectivity index (χ0n) is 6.67. The number of aromatic carboxylic acids is 1. The van der Waals surface area contributed by atoms with Gasteiger partial charge in [-0.1, -0.05) is 0 Å². The number of anilines is 1. The Morgan fingerprint density at radius 3 is 2.64 bits per heavy atom. The lowest BCUT2D eigenvalue weighted by Gasteiger charge is -2.07. The van der Waals surface area contributed by atoms with Crippen molar-refractivity contribution in [3.05, 3.63) is 21.0 Å². The second-order valence-corrected chi connectivity index (χ2v) is 3.47. The number of hydrogen-bond donors (Lipinski definition) is 2. The number of halogens is 3. The predicted octanol–water partition coefficient (Wildman–Crippen LogP) is 1.90. The van der Waals surface area contributed by atoms with Gasteiger partial charge in [0.25, 0.3) is 6.43 Å². The summed E-state index contributed by atoms with van der Waals surface area (Å²) in [6.07, 6.45) is -1.90. The minimum atomic E-state index is -2.92. The second kappa shape index (κ2) is 4.03. The summed E-state index contributed by atoms with van der Waals surface area (Å²) in [7, 11) is 0. The third kappa shape index (κ3) is 1.91. The molecule has 0 saturated carbocycles. The highest BCUT2D eigenvalue weighted by Gasteiger charge is 2.23. The van der Waals surface area contributed by atoms with Crippen LogP contribution in [0.2, 0.25) is 0 Å². The number of pyridine rings is 1. The van der Waals surface area contributed by atoms with Gasteiger partial charge in [0.1, 0.15) is 11.3 Å². The molecule has 3 N–H and O–H groups in total. The summed E-state index contributed by atoms with van der Waals surface area (Å²) >= 11 is 1.60. The molecule has 1 aromatic heterocycles. The van der Waals surface area contributed by atoms with Gasteiger partial charge in [-0.3, -0.25) is 4.98 Å². The van der Waals surface area contributed by atoms with Crippen molar-refractivity contribution >= 4 is 34.2 Å². The first-order valence-electron chi connectivity index (χ1n) is 3.40. The molecule has 1 heterocycles. The molecule has 7 heteroatoms. The molecule has 76 valence electrons. The van der Waals surface area contributed by atoms with Crippen LogP contribution in [0.25, 0.3) is 0 Å². The standard InChI is InChI=1S/C7H5F2IN2O2/c8-6(9)5-3(7(13)14)4(10)2(11)1-12-5/h1,6H,11H2,(H,13,14). The van der Waals surface area contributed by atoms with Crippen LogP contribution in [-0.4, -0.2) is 16.1 Å². The van der Waals surface area contributed by atoms with E-state index in [9.17, 15) is 13.6 Å². The van der Waals surface area contributed by atoms with Crippen molar-refractivity contribution in [1.82, 2.24) is 4.98 Å².